The van der Waals surface area contributed by atoms with Crippen molar-refractivity contribution < 1.29 is 9.47 Å². The average Bonchev–Trinajstić information content (AvgIpc) is 3.45. The molecule has 4 aromatic rings. The molecule has 32 heavy (non-hydrogen) atoms. The van der Waals surface area contributed by atoms with Crippen molar-refractivity contribution >= 4 is 51.2 Å². The van der Waals surface area contributed by atoms with E-state index in [0.29, 0.717) is 36.2 Å². The Morgan fingerprint density at radius 1 is 1.19 bits per heavy atom. The van der Waals surface area contributed by atoms with Gasteiger partial charge in [0.15, 0.2) is 5.90 Å². The summed E-state index contributed by atoms with van der Waals surface area (Å²) in [4.78, 5) is 17.6. The van der Waals surface area contributed by atoms with E-state index in [1.165, 1.54) is 0 Å². The lowest BCUT2D eigenvalue weighted by Crippen LogP contribution is -2.04. The van der Waals surface area contributed by atoms with E-state index in [1.807, 2.05) is 42.6 Å². The van der Waals surface area contributed by atoms with Gasteiger partial charge in [-0.05, 0) is 42.8 Å². The molecular weight excluding hydrogens is 446 g/mol. The topological polar surface area (TPSA) is 81.5 Å². The number of ether oxygens (including phenoxy) is 2. The summed E-state index contributed by atoms with van der Waals surface area (Å²) in [6.07, 6.45) is 3.94. The van der Waals surface area contributed by atoms with E-state index in [9.17, 15) is 0 Å². The van der Waals surface area contributed by atoms with Gasteiger partial charge in [-0.1, -0.05) is 17.7 Å². The lowest BCUT2D eigenvalue weighted by atomic mass is 10.1. The Bertz CT molecular complexity index is 1280. The maximum Gasteiger partial charge on any atom is 0.188 e. The third-order valence-corrected chi connectivity index (χ3v) is 5.99. The van der Waals surface area contributed by atoms with Crippen LogP contribution in [0.15, 0.2) is 59.3 Å². The molecule has 0 aliphatic carbocycles. The van der Waals surface area contributed by atoms with Crippen molar-refractivity contribution in [1.82, 2.24) is 15.0 Å². The Labute approximate surface area is 194 Å². The molecule has 1 unspecified atom stereocenters. The predicted molar refractivity (Wildman–Crippen MR) is 127 cm³/mol. The molecule has 0 saturated carbocycles. The molecule has 1 aliphatic heterocycles. The molecule has 0 radical (unpaired) electrons. The number of aliphatic imine (C=N–C) groups is 1. The molecule has 162 valence electrons. The highest BCUT2D eigenvalue weighted by Gasteiger charge is 2.15. The lowest BCUT2D eigenvalue weighted by Gasteiger charge is -2.12. The second-order valence-electron chi connectivity index (χ2n) is 7.42. The Kier molecular flexibility index (Phi) is 5.87. The summed E-state index contributed by atoms with van der Waals surface area (Å²) < 4.78 is 11.4. The number of thiazole rings is 1. The lowest BCUT2D eigenvalue weighted by molar-refractivity contribution is 0.306. The van der Waals surface area contributed by atoms with E-state index in [0.717, 1.165) is 33.1 Å². The number of aromatic nitrogens is 3. The van der Waals surface area contributed by atoms with Crippen LogP contribution in [-0.2, 0) is 17.8 Å². The molecule has 0 fully saturated rings. The summed E-state index contributed by atoms with van der Waals surface area (Å²) in [5.74, 6) is 2.07. The van der Waals surface area contributed by atoms with E-state index in [1.54, 1.807) is 23.9 Å². The quantitative estimate of drug-likeness (QED) is 0.392. The maximum absolute atomic E-state index is 6.44. The first kappa shape index (κ1) is 20.7. The summed E-state index contributed by atoms with van der Waals surface area (Å²) in [6, 6.07) is 11.9. The number of hydrogen-bond donors (Lipinski definition) is 1. The zero-order chi connectivity index (χ0) is 21.9. The number of fused-ring (bicyclic) bond motifs is 1. The zero-order valence-electron chi connectivity index (χ0n) is 17.3. The van der Waals surface area contributed by atoms with Crippen LogP contribution in [0.3, 0.4) is 0 Å². The number of halogens is 1. The van der Waals surface area contributed by atoms with E-state index >= 15 is 0 Å². The molecule has 2 aromatic carbocycles. The third kappa shape index (κ3) is 4.66. The minimum absolute atomic E-state index is 0.212. The average molecular weight is 466 g/mol. The first-order valence-electron chi connectivity index (χ1n) is 10.1. The first-order chi connectivity index (χ1) is 15.6. The van der Waals surface area contributed by atoms with Crippen molar-refractivity contribution in [2.75, 3.05) is 11.9 Å². The van der Waals surface area contributed by atoms with Crippen molar-refractivity contribution in [2.45, 2.75) is 26.0 Å². The van der Waals surface area contributed by atoms with Gasteiger partial charge in [0.2, 0.25) is 0 Å². The Morgan fingerprint density at radius 3 is 2.91 bits per heavy atom. The Hall–Kier alpha value is -3.23. The smallest absolute Gasteiger partial charge is 0.188 e. The van der Waals surface area contributed by atoms with Gasteiger partial charge in [0.1, 0.15) is 36.1 Å². The van der Waals surface area contributed by atoms with Gasteiger partial charge in [0.05, 0.1) is 16.6 Å². The van der Waals surface area contributed by atoms with Crippen LogP contribution in [0.5, 0.6) is 5.75 Å². The monoisotopic (exact) mass is 465 g/mol. The molecule has 7 nitrogen and oxygen atoms in total. The number of rotatable bonds is 7. The molecule has 1 aliphatic rings. The van der Waals surface area contributed by atoms with Crippen LogP contribution in [0.4, 0.5) is 11.5 Å². The number of nitrogens with one attached hydrogen (secondary N) is 1. The summed E-state index contributed by atoms with van der Waals surface area (Å²) >= 11 is 7.99. The van der Waals surface area contributed by atoms with Crippen molar-refractivity contribution in [1.29, 1.82) is 0 Å². The molecule has 0 saturated heterocycles. The molecule has 0 bridgehead atoms. The highest BCUT2D eigenvalue weighted by molar-refractivity contribution is 7.09. The second-order valence-corrected chi connectivity index (χ2v) is 8.80. The van der Waals surface area contributed by atoms with Crippen molar-refractivity contribution in [3.8, 4) is 5.75 Å². The number of nitrogens with zero attached hydrogens (tertiary/aromatic N) is 4. The number of benzene rings is 2. The number of hydrogen-bond acceptors (Lipinski definition) is 8. The molecule has 3 heterocycles. The van der Waals surface area contributed by atoms with Crippen LogP contribution < -0.4 is 10.1 Å². The highest BCUT2D eigenvalue weighted by Crippen LogP contribution is 2.31. The predicted octanol–water partition coefficient (Wildman–Crippen LogP) is 5.42. The standard InChI is InChI=1S/C23H20ClN5O2S/c1-14-11-31-21(28-14)9-15-2-4-19-17(8-15)23(27-13-26-19)29-16-3-5-20(18(24)10-16)30-12-22-25-6-7-32-22/h2-8,10,13-14H,9,11-12H2,1H3,(H,26,27,29). The molecule has 9 heteroatoms. The van der Waals surface area contributed by atoms with Crippen LogP contribution in [0.25, 0.3) is 10.9 Å². The van der Waals surface area contributed by atoms with Crippen molar-refractivity contribution in [3.05, 3.63) is 69.9 Å². The van der Waals surface area contributed by atoms with Gasteiger partial charge in [0.25, 0.3) is 0 Å². The maximum atomic E-state index is 6.44. The molecule has 0 amide bonds. The van der Waals surface area contributed by atoms with Gasteiger partial charge >= 0.3 is 0 Å². The highest BCUT2D eigenvalue weighted by atomic mass is 35.5. The van der Waals surface area contributed by atoms with E-state index < -0.39 is 0 Å². The van der Waals surface area contributed by atoms with Crippen LogP contribution in [0.2, 0.25) is 5.02 Å². The molecule has 5 rings (SSSR count). The van der Waals surface area contributed by atoms with Crippen LogP contribution in [-0.4, -0.2) is 33.5 Å². The normalized spacial score (nSPS) is 15.4. The van der Waals surface area contributed by atoms with Crippen LogP contribution in [0.1, 0.15) is 17.5 Å². The fourth-order valence-electron chi connectivity index (χ4n) is 3.42. The van der Waals surface area contributed by atoms with Gasteiger partial charge in [0, 0.05) is 29.1 Å². The minimum Gasteiger partial charge on any atom is -0.485 e. The van der Waals surface area contributed by atoms with E-state index in [4.69, 9.17) is 21.1 Å². The van der Waals surface area contributed by atoms with E-state index in [-0.39, 0.29) is 6.04 Å². The third-order valence-electron chi connectivity index (χ3n) is 4.94. The summed E-state index contributed by atoms with van der Waals surface area (Å²) in [6.45, 7) is 3.07. The molecule has 2 aromatic heterocycles. The van der Waals surface area contributed by atoms with Crippen LogP contribution >= 0.6 is 22.9 Å². The SMILES string of the molecule is CC1COC(Cc2ccc3ncnc(Nc4ccc(OCc5nccs5)c(Cl)c4)c3c2)=N1. The summed E-state index contributed by atoms with van der Waals surface area (Å²) in [7, 11) is 0. The van der Waals surface area contributed by atoms with Gasteiger partial charge in [-0.3, -0.25) is 0 Å². The zero-order valence-corrected chi connectivity index (χ0v) is 18.9. The largest absolute Gasteiger partial charge is 0.485 e. The van der Waals surface area contributed by atoms with Gasteiger partial charge in [-0.25, -0.2) is 19.9 Å². The Balaban J connectivity index is 1.35. The van der Waals surface area contributed by atoms with E-state index in [2.05, 4.69) is 31.3 Å². The second kappa shape index (κ2) is 9.10. The van der Waals surface area contributed by atoms with Crippen molar-refractivity contribution in [3.63, 3.8) is 0 Å². The Morgan fingerprint density at radius 2 is 2.12 bits per heavy atom. The molecule has 1 atom stereocenters. The summed E-state index contributed by atoms with van der Waals surface area (Å²) in [5, 5.41) is 7.59. The fraction of sp³-hybridized carbons (Fsp3) is 0.217. The molecule has 0 spiro atoms. The fourth-order valence-corrected chi connectivity index (χ4v) is 4.18. The van der Waals surface area contributed by atoms with Crippen LogP contribution in [0, 0.1) is 0 Å². The van der Waals surface area contributed by atoms with Gasteiger partial charge in [-0.15, -0.1) is 11.3 Å². The summed E-state index contributed by atoms with van der Waals surface area (Å²) in [5.41, 5.74) is 2.75. The first-order valence-corrected chi connectivity index (χ1v) is 11.4. The van der Waals surface area contributed by atoms with Crippen molar-refractivity contribution in [2.24, 2.45) is 4.99 Å². The molecular formula is C23H20ClN5O2S. The minimum atomic E-state index is 0.212. The van der Waals surface area contributed by atoms with Gasteiger partial charge in [-0.2, -0.15) is 0 Å². The number of anilines is 2. The van der Waals surface area contributed by atoms with Gasteiger partial charge < -0.3 is 14.8 Å². The molecule has 1 N–H and O–H groups in total.